The van der Waals surface area contributed by atoms with Gasteiger partial charge in [0.1, 0.15) is 5.69 Å². The number of hydrogen-bond donors (Lipinski definition) is 1. The fourth-order valence-electron chi connectivity index (χ4n) is 3.31. The molecule has 3 unspecified atom stereocenters. The van der Waals surface area contributed by atoms with Crippen molar-refractivity contribution in [1.29, 1.82) is 0 Å². The molecule has 1 saturated heterocycles. The fourth-order valence-corrected chi connectivity index (χ4v) is 3.89. The topological polar surface area (TPSA) is 59.2 Å². The average Bonchev–Trinajstić information content (AvgIpc) is 2.95. The maximum absolute atomic E-state index is 12.3. The van der Waals surface area contributed by atoms with Gasteiger partial charge in [0.2, 0.25) is 0 Å². The molecule has 2 aliphatic rings. The Morgan fingerprint density at radius 3 is 3.00 bits per heavy atom. The van der Waals surface area contributed by atoms with Gasteiger partial charge in [0, 0.05) is 24.5 Å². The molecule has 1 aliphatic heterocycles. The first kappa shape index (κ1) is 12.1. The molecule has 1 aliphatic carbocycles. The first-order valence-electron chi connectivity index (χ1n) is 6.62. The van der Waals surface area contributed by atoms with Gasteiger partial charge in [-0.05, 0) is 31.6 Å². The smallest absolute Gasteiger partial charge is 0.273 e. The predicted octanol–water partition coefficient (Wildman–Crippen LogP) is 1.65. The lowest BCUT2D eigenvalue weighted by Gasteiger charge is -2.29. The van der Waals surface area contributed by atoms with Crippen LogP contribution in [0, 0.1) is 18.8 Å². The van der Waals surface area contributed by atoms with Gasteiger partial charge in [0.15, 0.2) is 0 Å². The highest BCUT2D eigenvalue weighted by Crippen LogP contribution is 2.36. The third-order valence-corrected chi connectivity index (χ3v) is 5.05. The van der Waals surface area contributed by atoms with E-state index in [0.29, 0.717) is 17.5 Å². The second kappa shape index (κ2) is 4.63. The number of nitrogens with two attached hydrogens (primary N) is 1. The van der Waals surface area contributed by atoms with Gasteiger partial charge < -0.3 is 10.6 Å². The van der Waals surface area contributed by atoms with Crippen molar-refractivity contribution in [1.82, 2.24) is 9.88 Å². The minimum Gasteiger partial charge on any atom is -0.337 e. The van der Waals surface area contributed by atoms with Crippen molar-refractivity contribution in [2.45, 2.75) is 32.2 Å². The van der Waals surface area contributed by atoms with Crippen molar-refractivity contribution in [2.75, 3.05) is 13.1 Å². The summed E-state index contributed by atoms with van der Waals surface area (Å²) in [7, 11) is 0. The summed E-state index contributed by atoms with van der Waals surface area (Å²) in [6, 6.07) is 0.277. The van der Waals surface area contributed by atoms with E-state index in [9.17, 15) is 4.79 Å². The van der Waals surface area contributed by atoms with Crippen molar-refractivity contribution in [3.8, 4) is 0 Å². The van der Waals surface area contributed by atoms with Crippen molar-refractivity contribution in [2.24, 2.45) is 17.6 Å². The van der Waals surface area contributed by atoms with E-state index in [2.05, 4.69) is 4.98 Å². The Labute approximate surface area is 111 Å². The number of aryl methyl sites for hydroxylation is 1. The standard InChI is InChI=1S/C13H19N3OS/c1-8-15-12(7-18-8)13(17)16-5-9-3-2-4-11(14)10(9)6-16/h7,9-11H,2-6,14H2,1H3. The summed E-state index contributed by atoms with van der Waals surface area (Å²) < 4.78 is 0. The molecule has 0 radical (unpaired) electrons. The zero-order valence-corrected chi connectivity index (χ0v) is 11.4. The Bertz CT molecular complexity index is 459. The summed E-state index contributed by atoms with van der Waals surface area (Å²) in [5.74, 6) is 1.20. The lowest BCUT2D eigenvalue weighted by Crippen LogP contribution is -2.38. The third kappa shape index (κ3) is 2.06. The summed E-state index contributed by atoms with van der Waals surface area (Å²) in [6.07, 6.45) is 3.54. The van der Waals surface area contributed by atoms with Gasteiger partial charge in [0.25, 0.3) is 5.91 Å². The number of aromatic nitrogens is 1. The number of likely N-dealkylation sites (tertiary alicyclic amines) is 1. The van der Waals surface area contributed by atoms with Gasteiger partial charge in [-0.2, -0.15) is 0 Å². The second-order valence-electron chi connectivity index (χ2n) is 5.48. The average molecular weight is 265 g/mol. The van der Waals surface area contributed by atoms with Gasteiger partial charge in [0.05, 0.1) is 5.01 Å². The molecule has 0 aromatic carbocycles. The Hall–Kier alpha value is -0.940. The molecule has 2 N–H and O–H groups in total. The molecule has 1 amide bonds. The van der Waals surface area contributed by atoms with Crippen LogP contribution in [0.4, 0.5) is 0 Å². The minimum atomic E-state index is 0.0842. The number of carbonyl (C=O) groups excluding carboxylic acids is 1. The third-order valence-electron chi connectivity index (χ3n) is 4.28. The van der Waals surface area contributed by atoms with E-state index in [4.69, 9.17) is 5.73 Å². The zero-order chi connectivity index (χ0) is 12.7. The van der Waals surface area contributed by atoms with E-state index >= 15 is 0 Å². The molecule has 2 fully saturated rings. The van der Waals surface area contributed by atoms with Crippen molar-refractivity contribution >= 4 is 17.2 Å². The molecule has 3 rings (SSSR count). The first-order chi connectivity index (χ1) is 8.65. The number of fused-ring (bicyclic) bond motifs is 1. The molecule has 4 nitrogen and oxygen atoms in total. The van der Waals surface area contributed by atoms with Crippen LogP contribution in [0.15, 0.2) is 5.38 Å². The number of hydrogen-bond acceptors (Lipinski definition) is 4. The van der Waals surface area contributed by atoms with Crippen LogP contribution >= 0.6 is 11.3 Å². The summed E-state index contributed by atoms with van der Waals surface area (Å²) in [5.41, 5.74) is 6.78. The first-order valence-corrected chi connectivity index (χ1v) is 7.50. The Kier molecular flexibility index (Phi) is 3.11. The number of amides is 1. The lowest BCUT2D eigenvalue weighted by molar-refractivity contribution is 0.0778. The summed E-state index contributed by atoms with van der Waals surface area (Å²) in [5, 5.41) is 2.81. The number of rotatable bonds is 1. The summed E-state index contributed by atoms with van der Waals surface area (Å²) in [4.78, 5) is 18.6. The quantitative estimate of drug-likeness (QED) is 0.840. The molecule has 1 aromatic heterocycles. The van der Waals surface area contributed by atoms with Crippen LogP contribution in [-0.2, 0) is 0 Å². The molecule has 0 spiro atoms. The van der Waals surface area contributed by atoms with E-state index in [-0.39, 0.29) is 11.9 Å². The van der Waals surface area contributed by atoms with E-state index in [0.717, 1.165) is 24.5 Å². The minimum absolute atomic E-state index is 0.0842. The molecular weight excluding hydrogens is 246 g/mol. The predicted molar refractivity (Wildman–Crippen MR) is 71.6 cm³/mol. The van der Waals surface area contributed by atoms with Crippen LogP contribution in [0.5, 0.6) is 0 Å². The number of nitrogens with zero attached hydrogens (tertiary/aromatic N) is 2. The molecule has 0 bridgehead atoms. The number of carbonyl (C=O) groups is 1. The molecule has 5 heteroatoms. The van der Waals surface area contributed by atoms with Crippen LogP contribution in [0.1, 0.15) is 34.8 Å². The van der Waals surface area contributed by atoms with Crippen LogP contribution < -0.4 is 5.73 Å². The van der Waals surface area contributed by atoms with E-state index in [1.807, 2.05) is 17.2 Å². The fraction of sp³-hybridized carbons (Fsp3) is 0.692. The van der Waals surface area contributed by atoms with Gasteiger partial charge in [-0.25, -0.2) is 4.98 Å². The molecular formula is C13H19N3OS. The molecule has 3 atom stereocenters. The maximum atomic E-state index is 12.3. The van der Waals surface area contributed by atoms with Gasteiger partial charge in [-0.1, -0.05) is 6.42 Å². The normalized spacial score (nSPS) is 31.4. The van der Waals surface area contributed by atoms with E-state index < -0.39 is 0 Å². The highest BCUT2D eigenvalue weighted by molar-refractivity contribution is 7.09. The molecule has 1 saturated carbocycles. The largest absolute Gasteiger partial charge is 0.337 e. The van der Waals surface area contributed by atoms with Crippen LogP contribution in [0.2, 0.25) is 0 Å². The lowest BCUT2D eigenvalue weighted by atomic mass is 9.78. The summed E-state index contributed by atoms with van der Waals surface area (Å²) in [6.45, 7) is 3.62. The SMILES string of the molecule is Cc1nc(C(=O)N2CC3CCCC(N)C3C2)cs1. The van der Waals surface area contributed by atoms with Crippen molar-refractivity contribution in [3.05, 3.63) is 16.1 Å². The van der Waals surface area contributed by atoms with Crippen LogP contribution in [0.3, 0.4) is 0 Å². The Morgan fingerprint density at radius 2 is 2.33 bits per heavy atom. The van der Waals surface area contributed by atoms with E-state index in [1.165, 1.54) is 24.2 Å². The highest BCUT2D eigenvalue weighted by atomic mass is 32.1. The monoisotopic (exact) mass is 265 g/mol. The molecule has 98 valence electrons. The van der Waals surface area contributed by atoms with Gasteiger partial charge >= 0.3 is 0 Å². The van der Waals surface area contributed by atoms with Crippen molar-refractivity contribution in [3.63, 3.8) is 0 Å². The zero-order valence-electron chi connectivity index (χ0n) is 10.6. The van der Waals surface area contributed by atoms with Crippen LogP contribution in [0.25, 0.3) is 0 Å². The van der Waals surface area contributed by atoms with Gasteiger partial charge in [-0.3, -0.25) is 4.79 Å². The molecule has 18 heavy (non-hydrogen) atoms. The molecule has 1 aromatic rings. The summed E-state index contributed by atoms with van der Waals surface area (Å²) >= 11 is 1.53. The number of thiazole rings is 1. The highest BCUT2D eigenvalue weighted by Gasteiger charge is 2.40. The van der Waals surface area contributed by atoms with Gasteiger partial charge in [-0.15, -0.1) is 11.3 Å². The maximum Gasteiger partial charge on any atom is 0.273 e. The van der Waals surface area contributed by atoms with Crippen molar-refractivity contribution < 1.29 is 4.79 Å². The van der Waals surface area contributed by atoms with Crippen LogP contribution in [-0.4, -0.2) is 34.9 Å². The van der Waals surface area contributed by atoms with E-state index in [1.54, 1.807) is 0 Å². The Balaban J connectivity index is 1.73. The molecule has 2 heterocycles. The Morgan fingerprint density at radius 1 is 1.50 bits per heavy atom. The second-order valence-corrected chi connectivity index (χ2v) is 6.54.